The summed E-state index contributed by atoms with van der Waals surface area (Å²) in [6, 6.07) is 11.4. The van der Waals surface area contributed by atoms with Gasteiger partial charge >= 0.3 is 0 Å². The van der Waals surface area contributed by atoms with E-state index in [2.05, 4.69) is 42.6 Å². The second kappa shape index (κ2) is 7.57. The zero-order valence-corrected chi connectivity index (χ0v) is 13.2. The molecule has 0 saturated heterocycles. The van der Waals surface area contributed by atoms with Crippen LogP contribution in [0.1, 0.15) is 45.2 Å². The Labute approximate surface area is 121 Å². The van der Waals surface area contributed by atoms with Crippen molar-refractivity contribution in [2.24, 2.45) is 5.41 Å². The standard InChI is InChI=1S/C16H24N2S/c1-13(18-4)14-7-5-8-15(11-14)19-10-6-9-16(2,3)12-17/h5,7-8,11,13,18H,6,9-10H2,1-4H3. The van der Waals surface area contributed by atoms with Crippen molar-refractivity contribution in [3.8, 4) is 6.07 Å². The predicted octanol–water partition coefficient (Wildman–Crippen LogP) is 4.39. The van der Waals surface area contributed by atoms with Gasteiger partial charge < -0.3 is 5.32 Å². The van der Waals surface area contributed by atoms with Gasteiger partial charge in [0.05, 0.1) is 11.5 Å². The Bertz CT molecular complexity index is 435. The number of nitrogens with one attached hydrogen (secondary N) is 1. The molecule has 0 bridgehead atoms. The third-order valence-corrected chi connectivity index (χ3v) is 4.39. The van der Waals surface area contributed by atoms with Crippen molar-refractivity contribution in [3.63, 3.8) is 0 Å². The van der Waals surface area contributed by atoms with Crippen LogP contribution in [0.4, 0.5) is 0 Å². The quantitative estimate of drug-likeness (QED) is 0.592. The highest BCUT2D eigenvalue weighted by Crippen LogP contribution is 2.26. The number of hydrogen-bond acceptors (Lipinski definition) is 3. The first-order valence-corrected chi connectivity index (χ1v) is 7.78. The second-order valence-corrected chi connectivity index (χ2v) is 6.70. The van der Waals surface area contributed by atoms with Crippen molar-refractivity contribution in [1.82, 2.24) is 5.32 Å². The van der Waals surface area contributed by atoms with Crippen molar-refractivity contribution in [1.29, 1.82) is 5.26 Å². The van der Waals surface area contributed by atoms with Crippen LogP contribution in [0.15, 0.2) is 29.2 Å². The molecule has 0 aliphatic carbocycles. The van der Waals surface area contributed by atoms with Crippen LogP contribution in [0.3, 0.4) is 0 Å². The van der Waals surface area contributed by atoms with Crippen LogP contribution < -0.4 is 5.32 Å². The summed E-state index contributed by atoms with van der Waals surface area (Å²) in [6.45, 7) is 6.18. The van der Waals surface area contributed by atoms with Gasteiger partial charge in [-0.2, -0.15) is 5.26 Å². The Morgan fingerprint density at radius 1 is 1.42 bits per heavy atom. The molecule has 1 rings (SSSR count). The van der Waals surface area contributed by atoms with Gasteiger partial charge in [0.2, 0.25) is 0 Å². The molecule has 0 fully saturated rings. The lowest BCUT2D eigenvalue weighted by atomic mass is 9.90. The highest BCUT2D eigenvalue weighted by atomic mass is 32.2. The maximum absolute atomic E-state index is 8.97. The van der Waals surface area contributed by atoms with Crippen molar-refractivity contribution >= 4 is 11.8 Å². The first kappa shape index (κ1) is 16.1. The summed E-state index contributed by atoms with van der Waals surface area (Å²) in [7, 11) is 1.98. The zero-order chi connectivity index (χ0) is 14.3. The minimum atomic E-state index is -0.191. The largest absolute Gasteiger partial charge is 0.313 e. The van der Waals surface area contributed by atoms with E-state index in [9.17, 15) is 0 Å². The topological polar surface area (TPSA) is 35.8 Å². The highest BCUT2D eigenvalue weighted by Gasteiger charge is 2.15. The number of rotatable bonds is 7. The number of nitrogens with zero attached hydrogens (tertiary/aromatic N) is 1. The van der Waals surface area contributed by atoms with E-state index in [0.717, 1.165) is 18.6 Å². The third-order valence-electron chi connectivity index (χ3n) is 3.31. The Hall–Kier alpha value is -0.980. The van der Waals surface area contributed by atoms with Crippen LogP contribution in [-0.4, -0.2) is 12.8 Å². The van der Waals surface area contributed by atoms with Crippen LogP contribution >= 0.6 is 11.8 Å². The predicted molar refractivity (Wildman–Crippen MR) is 83.3 cm³/mol. The summed E-state index contributed by atoms with van der Waals surface area (Å²) >= 11 is 1.88. The van der Waals surface area contributed by atoms with Gasteiger partial charge in [-0.05, 0) is 64.1 Å². The van der Waals surface area contributed by atoms with Gasteiger partial charge in [-0.1, -0.05) is 12.1 Å². The summed E-state index contributed by atoms with van der Waals surface area (Å²) in [6.07, 6.45) is 2.04. The molecule has 0 aliphatic rings. The molecule has 0 aliphatic heterocycles. The average molecular weight is 276 g/mol. The molecule has 19 heavy (non-hydrogen) atoms. The van der Waals surface area contributed by atoms with Gasteiger partial charge in [0.25, 0.3) is 0 Å². The Morgan fingerprint density at radius 3 is 2.79 bits per heavy atom. The van der Waals surface area contributed by atoms with Crippen LogP contribution in [0, 0.1) is 16.7 Å². The van der Waals surface area contributed by atoms with Crippen LogP contribution in [0.5, 0.6) is 0 Å². The van der Waals surface area contributed by atoms with E-state index >= 15 is 0 Å². The van der Waals surface area contributed by atoms with Gasteiger partial charge in [-0.15, -0.1) is 11.8 Å². The van der Waals surface area contributed by atoms with Crippen molar-refractivity contribution in [3.05, 3.63) is 29.8 Å². The molecule has 104 valence electrons. The highest BCUT2D eigenvalue weighted by molar-refractivity contribution is 7.99. The summed E-state index contributed by atoms with van der Waals surface area (Å²) < 4.78 is 0. The van der Waals surface area contributed by atoms with Crippen molar-refractivity contribution in [2.45, 2.75) is 44.6 Å². The summed E-state index contributed by atoms with van der Waals surface area (Å²) in [4.78, 5) is 1.31. The molecule has 0 saturated carbocycles. The first-order chi connectivity index (χ1) is 8.98. The molecular formula is C16H24N2S. The molecule has 0 amide bonds. The Morgan fingerprint density at radius 2 is 2.16 bits per heavy atom. The maximum atomic E-state index is 8.97. The number of thioether (sulfide) groups is 1. The SMILES string of the molecule is CNC(C)c1cccc(SCCCC(C)(C)C#N)c1. The molecule has 0 heterocycles. The van der Waals surface area contributed by atoms with Crippen LogP contribution in [0.2, 0.25) is 0 Å². The van der Waals surface area contributed by atoms with E-state index in [4.69, 9.17) is 5.26 Å². The lowest BCUT2D eigenvalue weighted by molar-refractivity contribution is 0.448. The number of benzene rings is 1. The molecule has 0 aromatic heterocycles. The third kappa shape index (κ3) is 5.67. The normalized spacial score (nSPS) is 13.0. The molecule has 2 nitrogen and oxygen atoms in total. The number of nitriles is 1. The fraction of sp³-hybridized carbons (Fsp3) is 0.562. The van der Waals surface area contributed by atoms with Crippen LogP contribution in [0.25, 0.3) is 0 Å². The molecule has 1 unspecified atom stereocenters. The van der Waals surface area contributed by atoms with E-state index in [-0.39, 0.29) is 5.41 Å². The minimum Gasteiger partial charge on any atom is -0.313 e. The molecular weight excluding hydrogens is 252 g/mol. The maximum Gasteiger partial charge on any atom is 0.0683 e. The smallest absolute Gasteiger partial charge is 0.0683 e. The van der Waals surface area contributed by atoms with Gasteiger partial charge in [-0.3, -0.25) is 0 Å². The van der Waals surface area contributed by atoms with E-state index in [1.54, 1.807) is 0 Å². The van der Waals surface area contributed by atoms with E-state index in [0.29, 0.717) is 6.04 Å². The molecule has 0 spiro atoms. The van der Waals surface area contributed by atoms with Crippen molar-refractivity contribution in [2.75, 3.05) is 12.8 Å². The zero-order valence-electron chi connectivity index (χ0n) is 12.4. The molecule has 1 aromatic rings. The molecule has 0 radical (unpaired) electrons. The monoisotopic (exact) mass is 276 g/mol. The van der Waals surface area contributed by atoms with Gasteiger partial charge in [0.15, 0.2) is 0 Å². The lowest BCUT2D eigenvalue weighted by Crippen LogP contribution is -2.12. The van der Waals surface area contributed by atoms with Crippen LogP contribution in [-0.2, 0) is 0 Å². The Kier molecular flexibility index (Phi) is 6.41. The molecule has 1 atom stereocenters. The van der Waals surface area contributed by atoms with E-state index in [1.165, 1.54) is 10.5 Å². The minimum absolute atomic E-state index is 0.191. The summed E-state index contributed by atoms with van der Waals surface area (Å²) in [5.74, 6) is 1.07. The summed E-state index contributed by atoms with van der Waals surface area (Å²) in [5.41, 5.74) is 1.13. The van der Waals surface area contributed by atoms with E-state index in [1.807, 2.05) is 32.7 Å². The first-order valence-electron chi connectivity index (χ1n) is 6.80. The van der Waals surface area contributed by atoms with Gasteiger partial charge in [-0.25, -0.2) is 0 Å². The van der Waals surface area contributed by atoms with Gasteiger partial charge in [0.1, 0.15) is 0 Å². The Balaban J connectivity index is 2.44. The summed E-state index contributed by atoms with van der Waals surface area (Å²) in [5, 5.41) is 12.2. The molecule has 1 N–H and O–H groups in total. The van der Waals surface area contributed by atoms with Gasteiger partial charge in [0, 0.05) is 10.9 Å². The van der Waals surface area contributed by atoms with Crippen molar-refractivity contribution < 1.29 is 0 Å². The molecule has 1 aromatic carbocycles. The lowest BCUT2D eigenvalue weighted by Gasteiger charge is -2.14. The number of hydrogen-bond donors (Lipinski definition) is 1. The second-order valence-electron chi connectivity index (χ2n) is 5.53. The van der Waals surface area contributed by atoms with E-state index < -0.39 is 0 Å². The average Bonchev–Trinajstić information content (AvgIpc) is 2.43. The fourth-order valence-electron chi connectivity index (χ4n) is 1.80. The fourth-order valence-corrected chi connectivity index (χ4v) is 2.72. The molecule has 3 heteroatoms.